The second-order valence-corrected chi connectivity index (χ2v) is 4.47. The Bertz CT molecular complexity index is 185. The molecule has 0 saturated heterocycles. The smallest absolute Gasteiger partial charge is 0.0151 e. The molecule has 0 aromatic rings. The van der Waals surface area contributed by atoms with Gasteiger partial charge < -0.3 is 0 Å². The highest BCUT2D eigenvalue weighted by atomic mass is 31.1. The van der Waals surface area contributed by atoms with Gasteiger partial charge in [0.15, 0.2) is 0 Å². The van der Waals surface area contributed by atoms with Crippen LogP contribution in [0.2, 0.25) is 0 Å². The molecule has 1 heteroatoms. The standard InChI is InChI=1S/C10H14P/c1-2-5-9(6-3-1)10-7-4-8-11-10/h4,7-9H,1-3,5-6H2. The van der Waals surface area contributed by atoms with Crippen LogP contribution >= 0.6 is 8.58 Å². The number of hydrogen-bond donors (Lipinski definition) is 0. The fourth-order valence-corrected chi connectivity index (χ4v) is 2.94. The molecule has 0 amide bonds. The van der Waals surface area contributed by atoms with Crippen molar-refractivity contribution in [1.82, 2.24) is 0 Å². The molecule has 0 unspecified atom stereocenters. The average molecular weight is 165 g/mol. The van der Waals surface area contributed by atoms with Crippen LogP contribution in [0.5, 0.6) is 0 Å². The molecule has 1 fully saturated rings. The lowest BCUT2D eigenvalue weighted by Crippen LogP contribution is -2.05. The lowest BCUT2D eigenvalue weighted by Gasteiger charge is -2.22. The van der Waals surface area contributed by atoms with E-state index in [2.05, 4.69) is 18.0 Å². The summed E-state index contributed by atoms with van der Waals surface area (Å²) in [6.07, 6.45) is 11.8. The van der Waals surface area contributed by atoms with Gasteiger partial charge in [-0.2, -0.15) is 0 Å². The first kappa shape index (κ1) is 7.55. The number of allylic oxidation sites excluding steroid dienone is 3. The molecule has 0 aromatic heterocycles. The molecule has 11 heavy (non-hydrogen) atoms. The predicted octanol–water partition coefficient (Wildman–Crippen LogP) is 3.92. The van der Waals surface area contributed by atoms with Crippen molar-refractivity contribution in [3.8, 4) is 0 Å². The Kier molecular flexibility index (Phi) is 2.43. The first-order valence-electron chi connectivity index (χ1n) is 4.54. The molecule has 1 heterocycles. The van der Waals surface area contributed by atoms with E-state index in [4.69, 9.17) is 0 Å². The minimum atomic E-state index is 0.931. The molecule has 0 bridgehead atoms. The minimum absolute atomic E-state index is 0.931. The fourth-order valence-electron chi connectivity index (χ4n) is 1.95. The Morgan fingerprint density at radius 1 is 1.18 bits per heavy atom. The van der Waals surface area contributed by atoms with Crippen molar-refractivity contribution < 1.29 is 0 Å². The molecule has 1 saturated carbocycles. The van der Waals surface area contributed by atoms with Crippen LogP contribution in [0.25, 0.3) is 0 Å². The van der Waals surface area contributed by atoms with E-state index in [0.29, 0.717) is 0 Å². The first-order valence-corrected chi connectivity index (χ1v) is 5.51. The lowest BCUT2D eigenvalue weighted by atomic mass is 9.89. The summed E-state index contributed by atoms with van der Waals surface area (Å²) in [7, 11) is 1.47. The largest absolute Gasteiger partial charge is 0.0608 e. The Morgan fingerprint density at radius 3 is 2.64 bits per heavy atom. The van der Waals surface area contributed by atoms with Crippen molar-refractivity contribution >= 4 is 8.58 Å². The highest BCUT2D eigenvalue weighted by Crippen LogP contribution is 2.42. The Labute approximate surface area is 70.5 Å². The van der Waals surface area contributed by atoms with Crippen molar-refractivity contribution in [2.45, 2.75) is 32.1 Å². The summed E-state index contributed by atoms with van der Waals surface area (Å²) in [5, 5.41) is 1.67. The quantitative estimate of drug-likeness (QED) is 0.516. The van der Waals surface area contributed by atoms with Crippen molar-refractivity contribution in [2.75, 3.05) is 0 Å². The first-order chi connectivity index (χ1) is 5.47. The minimum Gasteiger partial charge on any atom is -0.0608 e. The van der Waals surface area contributed by atoms with E-state index < -0.39 is 0 Å². The molecule has 1 radical (unpaired) electrons. The van der Waals surface area contributed by atoms with E-state index in [1.165, 1.54) is 40.7 Å². The monoisotopic (exact) mass is 165 g/mol. The van der Waals surface area contributed by atoms with Gasteiger partial charge in [0.1, 0.15) is 0 Å². The number of rotatable bonds is 1. The van der Waals surface area contributed by atoms with Gasteiger partial charge in [-0.15, -0.1) is 0 Å². The maximum atomic E-state index is 2.32. The molecule has 2 rings (SSSR count). The van der Waals surface area contributed by atoms with Crippen LogP contribution in [-0.2, 0) is 0 Å². The van der Waals surface area contributed by atoms with Crippen LogP contribution in [0, 0.1) is 5.92 Å². The summed E-state index contributed by atoms with van der Waals surface area (Å²) >= 11 is 0. The molecule has 0 atom stereocenters. The van der Waals surface area contributed by atoms with E-state index >= 15 is 0 Å². The van der Waals surface area contributed by atoms with E-state index in [-0.39, 0.29) is 0 Å². The van der Waals surface area contributed by atoms with Crippen LogP contribution in [-0.4, -0.2) is 0 Å². The molecular formula is C10H14P. The summed E-state index contributed by atoms with van der Waals surface area (Å²) in [6, 6.07) is 0. The maximum Gasteiger partial charge on any atom is -0.0151 e. The maximum absolute atomic E-state index is 2.32. The van der Waals surface area contributed by atoms with Crippen LogP contribution in [0.15, 0.2) is 23.3 Å². The summed E-state index contributed by atoms with van der Waals surface area (Å²) in [4.78, 5) is 0. The van der Waals surface area contributed by atoms with Crippen LogP contribution in [0.3, 0.4) is 0 Å². The van der Waals surface area contributed by atoms with Gasteiger partial charge in [-0.05, 0) is 32.7 Å². The van der Waals surface area contributed by atoms with Crippen molar-refractivity contribution in [3.63, 3.8) is 0 Å². The third-order valence-electron chi connectivity index (χ3n) is 2.60. The van der Waals surface area contributed by atoms with Gasteiger partial charge in [0, 0.05) is 0 Å². The molecular weight excluding hydrogens is 151 g/mol. The van der Waals surface area contributed by atoms with Crippen LogP contribution < -0.4 is 0 Å². The van der Waals surface area contributed by atoms with Gasteiger partial charge in [0.25, 0.3) is 0 Å². The van der Waals surface area contributed by atoms with E-state index in [1.807, 2.05) is 0 Å². The summed E-state index contributed by atoms with van der Waals surface area (Å²) < 4.78 is 0. The summed E-state index contributed by atoms with van der Waals surface area (Å²) in [5.74, 6) is 3.18. The zero-order valence-corrected chi connectivity index (χ0v) is 7.69. The zero-order valence-electron chi connectivity index (χ0n) is 6.79. The zero-order chi connectivity index (χ0) is 7.52. The Morgan fingerprint density at radius 2 is 2.00 bits per heavy atom. The molecule has 1 aliphatic carbocycles. The Balaban J connectivity index is 1.93. The van der Waals surface area contributed by atoms with Gasteiger partial charge in [-0.25, -0.2) is 0 Å². The summed E-state index contributed by atoms with van der Waals surface area (Å²) in [5.41, 5.74) is 0. The second-order valence-electron chi connectivity index (χ2n) is 3.40. The highest BCUT2D eigenvalue weighted by molar-refractivity contribution is 7.47. The molecule has 0 N–H and O–H groups in total. The van der Waals surface area contributed by atoms with Gasteiger partial charge in [0.05, 0.1) is 0 Å². The molecule has 1 aliphatic heterocycles. The Hall–Kier alpha value is -0.0900. The average Bonchev–Trinajstić information content (AvgIpc) is 2.58. The van der Waals surface area contributed by atoms with Crippen molar-refractivity contribution in [2.24, 2.45) is 5.92 Å². The molecule has 0 nitrogen and oxygen atoms in total. The SMILES string of the molecule is C1=C[P]C(C2CCCCC2)=C1. The van der Waals surface area contributed by atoms with Gasteiger partial charge in [-0.1, -0.05) is 37.2 Å². The van der Waals surface area contributed by atoms with E-state index in [9.17, 15) is 0 Å². The third kappa shape index (κ3) is 1.73. The van der Waals surface area contributed by atoms with Crippen molar-refractivity contribution in [3.05, 3.63) is 23.3 Å². The topological polar surface area (TPSA) is 0 Å². The van der Waals surface area contributed by atoms with Gasteiger partial charge >= 0.3 is 0 Å². The lowest BCUT2D eigenvalue weighted by molar-refractivity contribution is 0.415. The van der Waals surface area contributed by atoms with Crippen LogP contribution in [0.1, 0.15) is 32.1 Å². The molecule has 0 aromatic carbocycles. The van der Waals surface area contributed by atoms with Crippen molar-refractivity contribution in [1.29, 1.82) is 0 Å². The van der Waals surface area contributed by atoms with Crippen LogP contribution in [0.4, 0.5) is 0 Å². The number of hydrogen-bond acceptors (Lipinski definition) is 0. The molecule has 2 aliphatic rings. The second kappa shape index (κ2) is 3.54. The predicted molar refractivity (Wildman–Crippen MR) is 50.7 cm³/mol. The van der Waals surface area contributed by atoms with Gasteiger partial charge in [0.2, 0.25) is 0 Å². The summed E-state index contributed by atoms with van der Waals surface area (Å²) in [6.45, 7) is 0. The van der Waals surface area contributed by atoms with E-state index in [1.54, 1.807) is 5.31 Å². The third-order valence-corrected chi connectivity index (χ3v) is 3.73. The highest BCUT2D eigenvalue weighted by Gasteiger charge is 2.17. The van der Waals surface area contributed by atoms with E-state index in [0.717, 1.165) is 5.92 Å². The molecule has 0 spiro atoms. The normalized spacial score (nSPS) is 27.8. The fraction of sp³-hybridized carbons (Fsp3) is 0.600. The van der Waals surface area contributed by atoms with Gasteiger partial charge in [-0.3, -0.25) is 0 Å². The molecule has 59 valence electrons.